The number of nitrogens with one attached hydrogen (secondary N) is 2. The van der Waals surface area contributed by atoms with Gasteiger partial charge in [-0.2, -0.15) is 0 Å². The molecule has 0 aliphatic carbocycles. The van der Waals surface area contributed by atoms with Crippen LogP contribution in [0.5, 0.6) is 17.2 Å². The van der Waals surface area contributed by atoms with E-state index in [0.29, 0.717) is 34.2 Å². The van der Waals surface area contributed by atoms with Crippen LogP contribution in [0.2, 0.25) is 0 Å². The molecule has 4 aromatic carbocycles. The maximum atomic E-state index is 12.8. The van der Waals surface area contributed by atoms with Crippen LogP contribution in [0.3, 0.4) is 0 Å². The molecule has 0 aromatic heterocycles. The lowest BCUT2D eigenvalue weighted by atomic mass is 10.2. The summed E-state index contributed by atoms with van der Waals surface area (Å²) in [7, 11) is 1.58. The first kappa shape index (κ1) is 21.5. The second-order valence-corrected chi connectivity index (χ2v) is 7.40. The summed E-state index contributed by atoms with van der Waals surface area (Å²) in [5, 5.41) is 25.3. The lowest BCUT2D eigenvalue weighted by Crippen LogP contribution is -2.97. The van der Waals surface area contributed by atoms with Gasteiger partial charge in [-0.1, -0.05) is 17.7 Å². The van der Waals surface area contributed by atoms with Crippen LogP contribution in [0.1, 0.15) is 5.56 Å². The quantitative estimate of drug-likeness (QED) is 0.426. The van der Waals surface area contributed by atoms with Gasteiger partial charge in [-0.15, -0.1) is 0 Å². The standard InChI is InChI=1S/C26H24N2O4/c1-19-3-13-25(14-4-19)32-26-17-11-23(12-18-26)28(30)21-7-5-20(6-8-21)27(29)22-9-15-24(31-2)16-10-22/h3-18,27-28H,1-2H3. The van der Waals surface area contributed by atoms with E-state index >= 15 is 0 Å². The van der Waals surface area contributed by atoms with Gasteiger partial charge in [-0.05, 0) is 43.3 Å². The molecule has 0 spiro atoms. The molecule has 2 unspecified atom stereocenters. The summed E-state index contributed by atoms with van der Waals surface area (Å²) in [5.41, 5.74) is 3.32. The molecule has 2 atom stereocenters. The molecule has 4 aromatic rings. The summed E-state index contributed by atoms with van der Waals surface area (Å²) in [6, 6.07) is 28.4. The monoisotopic (exact) mass is 428 g/mol. The molecule has 0 saturated carbocycles. The van der Waals surface area contributed by atoms with Crippen molar-refractivity contribution in [3.8, 4) is 17.2 Å². The van der Waals surface area contributed by atoms with Crippen molar-refractivity contribution in [2.24, 2.45) is 0 Å². The maximum absolute atomic E-state index is 12.8. The predicted octanol–water partition coefficient (Wildman–Crippen LogP) is 4.49. The minimum atomic E-state index is -0.115. The Morgan fingerprint density at radius 1 is 0.500 bits per heavy atom. The topological polar surface area (TPSA) is 73.5 Å². The summed E-state index contributed by atoms with van der Waals surface area (Å²) >= 11 is 0. The Hall–Kier alpha value is -3.68. The highest BCUT2D eigenvalue weighted by Gasteiger charge is 2.11. The molecule has 2 N–H and O–H groups in total. The Morgan fingerprint density at radius 3 is 1.19 bits per heavy atom. The van der Waals surface area contributed by atoms with Crippen LogP contribution >= 0.6 is 0 Å². The molecule has 162 valence electrons. The zero-order chi connectivity index (χ0) is 22.5. The molecule has 4 rings (SSSR count). The van der Waals surface area contributed by atoms with Crippen molar-refractivity contribution >= 4 is 22.7 Å². The molecule has 0 fully saturated rings. The van der Waals surface area contributed by atoms with Crippen LogP contribution in [0.25, 0.3) is 0 Å². The zero-order valence-corrected chi connectivity index (χ0v) is 17.9. The number of quaternary nitrogens is 2. The van der Waals surface area contributed by atoms with Gasteiger partial charge in [0.2, 0.25) is 0 Å². The van der Waals surface area contributed by atoms with E-state index < -0.39 is 0 Å². The summed E-state index contributed by atoms with van der Waals surface area (Å²) in [6.45, 7) is 2.02. The van der Waals surface area contributed by atoms with Crippen molar-refractivity contribution in [2.75, 3.05) is 7.11 Å². The van der Waals surface area contributed by atoms with Crippen molar-refractivity contribution in [3.63, 3.8) is 0 Å². The molecule has 0 aliphatic heterocycles. The number of aryl methyl sites for hydroxylation is 1. The van der Waals surface area contributed by atoms with Crippen LogP contribution in [0.15, 0.2) is 97.1 Å². The molecule has 0 radical (unpaired) electrons. The highest BCUT2D eigenvalue weighted by molar-refractivity contribution is 5.47. The van der Waals surface area contributed by atoms with Gasteiger partial charge in [-0.25, -0.2) is 0 Å². The van der Waals surface area contributed by atoms with Crippen molar-refractivity contribution in [2.45, 2.75) is 6.92 Å². The highest BCUT2D eigenvalue weighted by Crippen LogP contribution is 2.23. The fourth-order valence-electron chi connectivity index (χ4n) is 3.27. The molecule has 0 amide bonds. The Balaban J connectivity index is 1.43. The third-order valence-electron chi connectivity index (χ3n) is 5.13. The molecule has 0 bridgehead atoms. The summed E-state index contributed by atoms with van der Waals surface area (Å²) in [4.78, 5) is 0. The predicted molar refractivity (Wildman–Crippen MR) is 124 cm³/mol. The molecular formula is C26H24N2O4. The number of hydrogen-bond acceptors (Lipinski definition) is 4. The van der Waals surface area contributed by atoms with Gasteiger partial charge in [0.1, 0.15) is 40.0 Å². The average Bonchev–Trinajstić information content (AvgIpc) is 2.85. The minimum Gasteiger partial charge on any atom is -0.623 e. The maximum Gasteiger partial charge on any atom is 0.136 e. The number of ether oxygens (including phenoxy) is 2. The van der Waals surface area contributed by atoms with Gasteiger partial charge in [0.15, 0.2) is 0 Å². The van der Waals surface area contributed by atoms with E-state index in [4.69, 9.17) is 9.47 Å². The second kappa shape index (κ2) is 9.64. The first-order chi connectivity index (χ1) is 15.5. The fourth-order valence-corrected chi connectivity index (χ4v) is 3.27. The largest absolute Gasteiger partial charge is 0.623 e. The molecular weight excluding hydrogens is 404 g/mol. The first-order valence-corrected chi connectivity index (χ1v) is 10.2. The van der Waals surface area contributed by atoms with E-state index in [2.05, 4.69) is 0 Å². The minimum absolute atomic E-state index is 0.107. The average molecular weight is 428 g/mol. The summed E-state index contributed by atoms with van der Waals surface area (Å²) < 4.78 is 10.9. The van der Waals surface area contributed by atoms with Gasteiger partial charge in [0, 0.05) is 48.5 Å². The van der Waals surface area contributed by atoms with Crippen molar-refractivity contribution in [1.82, 2.24) is 0 Å². The molecule has 0 aliphatic rings. The van der Waals surface area contributed by atoms with Gasteiger partial charge >= 0.3 is 0 Å². The molecule has 0 heterocycles. The van der Waals surface area contributed by atoms with Gasteiger partial charge in [-0.3, -0.25) is 0 Å². The van der Waals surface area contributed by atoms with Gasteiger partial charge < -0.3 is 30.0 Å². The van der Waals surface area contributed by atoms with E-state index in [1.54, 1.807) is 79.9 Å². The smallest absolute Gasteiger partial charge is 0.136 e. The van der Waals surface area contributed by atoms with Gasteiger partial charge in [0.05, 0.1) is 7.11 Å². The van der Waals surface area contributed by atoms with Crippen LogP contribution in [-0.2, 0) is 0 Å². The molecule has 0 saturated heterocycles. The van der Waals surface area contributed by atoms with E-state index in [9.17, 15) is 10.4 Å². The van der Waals surface area contributed by atoms with Crippen molar-refractivity contribution < 1.29 is 19.6 Å². The normalized spacial score (nSPS) is 12.8. The number of benzene rings is 4. The molecule has 32 heavy (non-hydrogen) atoms. The third-order valence-corrected chi connectivity index (χ3v) is 5.13. The number of rotatable bonds is 7. The Kier molecular flexibility index (Phi) is 6.49. The zero-order valence-electron chi connectivity index (χ0n) is 17.9. The molecule has 6 nitrogen and oxygen atoms in total. The summed E-state index contributed by atoms with van der Waals surface area (Å²) in [6.07, 6.45) is 0. The Labute approximate surface area is 187 Å². The van der Waals surface area contributed by atoms with Gasteiger partial charge in [0.25, 0.3) is 0 Å². The van der Waals surface area contributed by atoms with Crippen LogP contribution < -0.4 is 19.6 Å². The van der Waals surface area contributed by atoms with E-state index in [1.807, 2.05) is 31.2 Å². The number of hydrogen-bond donors (Lipinski definition) is 2. The third kappa shape index (κ3) is 4.96. The number of methoxy groups -OCH3 is 1. The van der Waals surface area contributed by atoms with E-state index in [0.717, 1.165) is 11.3 Å². The summed E-state index contributed by atoms with van der Waals surface area (Å²) in [5.74, 6) is 2.09. The Bertz CT molecular complexity index is 1140. The Morgan fingerprint density at radius 2 is 0.812 bits per heavy atom. The van der Waals surface area contributed by atoms with E-state index in [-0.39, 0.29) is 10.1 Å². The first-order valence-electron chi connectivity index (χ1n) is 10.2. The van der Waals surface area contributed by atoms with Crippen molar-refractivity contribution in [1.29, 1.82) is 0 Å². The van der Waals surface area contributed by atoms with Crippen LogP contribution in [0, 0.1) is 17.3 Å². The lowest BCUT2D eigenvalue weighted by Gasteiger charge is -2.24. The SMILES string of the molecule is COc1ccc([NH+]([O-])c2ccc([NH+]([O-])c3ccc(Oc4ccc(C)cc4)cc3)cc2)cc1. The van der Waals surface area contributed by atoms with Crippen LogP contribution in [0.4, 0.5) is 22.7 Å². The second-order valence-electron chi connectivity index (χ2n) is 7.40. The van der Waals surface area contributed by atoms with E-state index in [1.165, 1.54) is 0 Å². The van der Waals surface area contributed by atoms with Crippen LogP contribution in [-0.4, -0.2) is 7.11 Å². The van der Waals surface area contributed by atoms with Crippen molar-refractivity contribution in [3.05, 3.63) is 113 Å². The lowest BCUT2D eigenvalue weighted by molar-refractivity contribution is -0.701. The fraction of sp³-hybridized carbons (Fsp3) is 0.0769. The highest BCUT2D eigenvalue weighted by atomic mass is 16.5. The molecule has 6 heteroatoms.